The second-order valence-electron chi connectivity index (χ2n) is 8.08. The predicted molar refractivity (Wildman–Crippen MR) is 104 cm³/mol. The van der Waals surface area contributed by atoms with Crippen molar-refractivity contribution in [3.63, 3.8) is 0 Å². The number of nitrogens with zero attached hydrogens (tertiary/aromatic N) is 3. The fraction of sp³-hybridized carbons (Fsp3) is 0.600. The molecule has 1 saturated heterocycles. The summed E-state index contributed by atoms with van der Waals surface area (Å²) in [5, 5.41) is 0. The van der Waals surface area contributed by atoms with E-state index in [1.165, 1.54) is 0 Å². The number of piperazine rings is 1. The van der Waals surface area contributed by atoms with Crippen molar-refractivity contribution < 1.29 is 13.9 Å². The highest BCUT2D eigenvalue weighted by molar-refractivity contribution is 5.89. The number of fused-ring (bicyclic) bond motifs is 1. The largest absolute Gasteiger partial charge is 0.423 e. The fourth-order valence-electron chi connectivity index (χ4n) is 4.18. The Morgan fingerprint density at radius 3 is 2.63 bits per heavy atom. The van der Waals surface area contributed by atoms with Crippen LogP contribution >= 0.6 is 0 Å². The van der Waals surface area contributed by atoms with Gasteiger partial charge in [0.2, 0.25) is 5.91 Å². The molecule has 4 rings (SSSR count). The Bertz CT molecular complexity index is 808. The van der Waals surface area contributed by atoms with Crippen LogP contribution in [0.3, 0.4) is 0 Å². The molecule has 1 aliphatic heterocycles. The summed E-state index contributed by atoms with van der Waals surface area (Å²) in [5.74, 6) is 0.0284. The van der Waals surface area contributed by atoms with Crippen molar-refractivity contribution in [2.45, 2.75) is 38.8 Å². The standard InChI is InChI=1S/C20H28N4O3/c1-4-26-16-13-20(21,19(16,2)3)17(25)23-9-11-24(12-10-23)18-22-14-7-5-6-8-15(14)27-18/h5-8,16H,4,9-13,21H2,1-3H3. The third-order valence-corrected chi connectivity index (χ3v) is 6.33. The molecule has 1 aliphatic carbocycles. The summed E-state index contributed by atoms with van der Waals surface area (Å²) in [6.45, 7) is 9.28. The minimum Gasteiger partial charge on any atom is -0.423 e. The molecule has 7 heteroatoms. The second-order valence-corrected chi connectivity index (χ2v) is 8.08. The average molecular weight is 372 g/mol. The molecular formula is C20H28N4O3. The van der Waals surface area contributed by atoms with Crippen LogP contribution in [-0.4, -0.2) is 60.2 Å². The summed E-state index contributed by atoms with van der Waals surface area (Å²) in [7, 11) is 0. The van der Waals surface area contributed by atoms with E-state index < -0.39 is 5.54 Å². The first-order chi connectivity index (χ1) is 12.9. The van der Waals surface area contributed by atoms with Crippen molar-refractivity contribution >= 4 is 23.0 Å². The highest BCUT2D eigenvalue weighted by Gasteiger charge is 2.63. The van der Waals surface area contributed by atoms with E-state index in [4.69, 9.17) is 14.9 Å². The number of anilines is 1. The van der Waals surface area contributed by atoms with Gasteiger partial charge < -0.3 is 24.7 Å². The third-order valence-electron chi connectivity index (χ3n) is 6.33. The molecule has 1 saturated carbocycles. The maximum Gasteiger partial charge on any atom is 0.298 e. The summed E-state index contributed by atoms with van der Waals surface area (Å²) < 4.78 is 11.6. The SMILES string of the molecule is CCOC1CC(N)(C(=O)N2CCN(c3nc4ccccc4o3)CC2)C1(C)C. The quantitative estimate of drug-likeness (QED) is 0.884. The average Bonchev–Trinajstić information content (AvgIpc) is 3.11. The molecule has 2 aromatic rings. The van der Waals surface area contributed by atoms with Gasteiger partial charge in [-0.15, -0.1) is 0 Å². The Kier molecular flexibility index (Phi) is 4.39. The van der Waals surface area contributed by atoms with Gasteiger partial charge in [0.1, 0.15) is 11.1 Å². The lowest BCUT2D eigenvalue weighted by molar-refractivity contribution is -0.179. The number of aromatic nitrogens is 1. The minimum atomic E-state index is -0.855. The number of rotatable bonds is 4. The van der Waals surface area contributed by atoms with E-state index in [-0.39, 0.29) is 17.4 Å². The van der Waals surface area contributed by atoms with Gasteiger partial charge in [0, 0.05) is 44.6 Å². The normalized spacial score (nSPS) is 27.6. The molecule has 2 aliphatic rings. The number of carbonyl (C=O) groups excluding carboxylic acids is 1. The van der Waals surface area contributed by atoms with Crippen LogP contribution in [0.5, 0.6) is 0 Å². The van der Waals surface area contributed by atoms with Crippen LogP contribution in [0, 0.1) is 5.41 Å². The molecule has 2 atom stereocenters. The van der Waals surface area contributed by atoms with Crippen LogP contribution in [-0.2, 0) is 9.53 Å². The van der Waals surface area contributed by atoms with Crippen molar-refractivity contribution in [3.05, 3.63) is 24.3 Å². The van der Waals surface area contributed by atoms with E-state index in [9.17, 15) is 4.79 Å². The Hall–Kier alpha value is -2.12. The van der Waals surface area contributed by atoms with Gasteiger partial charge in [-0.05, 0) is 19.1 Å². The third kappa shape index (κ3) is 2.80. The number of hydrogen-bond acceptors (Lipinski definition) is 6. The zero-order chi connectivity index (χ0) is 19.2. The van der Waals surface area contributed by atoms with E-state index in [2.05, 4.69) is 9.88 Å². The Morgan fingerprint density at radius 2 is 2.00 bits per heavy atom. The van der Waals surface area contributed by atoms with Crippen LogP contribution in [0.1, 0.15) is 27.2 Å². The zero-order valence-corrected chi connectivity index (χ0v) is 16.3. The lowest BCUT2D eigenvalue weighted by Gasteiger charge is -2.59. The molecule has 2 heterocycles. The molecule has 1 aromatic heterocycles. The Labute approximate surface area is 159 Å². The summed E-state index contributed by atoms with van der Waals surface area (Å²) in [5.41, 5.74) is 6.97. The summed E-state index contributed by atoms with van der Waals surface area (Å²) in [6.07, 6.45) is 0.621. The van der Waals surface area contributed by atoms with Crippen LogP contribution in [0.25, 0.3) is 11.1 Å². The van der Waals surface area contributed by atoms with Gasteiger partial charge in [-0.2, -0.15) is 4.98 Å². The molecule has 2 N–H and O–H groups in total. The molecule has 1 amide bonds. The van der Waals surface area contributed by atoms with Crippen molar-refractivity contribution in [2.24, 2.45) is 11.1 Å². The molecule has 27 heavy (non-hydrogen) atoms. The van der Waals surface area contributed by atoms with E-state index in [1.807, 2.05) is 49.9 Å². The highest BCUT2D eigenvalue weighted by Crippen LogP contribution is 2.50. The lowest BCUT2D eigenvalue weighted by atomic mass is 9.54. The summed E-state index contributed by atoms with van der Waals surface area (Å²) in [6, 6.07) is 8.35. The number of ether oxygens (including phenoxy) is 1. The minimum absolute atomic E-state index is 0.0284. The predicted octanol–water partition coefficient (Wildman–Crippen LogP) is 2.01. The molecule has 0 bridgehead atoms. The number of nitrogens with two attached hydrogens (primary N) is 1. The summed E-state index contributed by atoms with van der Waals surface area (Å²) in [4.78, 5) is 21.7. The lowest BCUT2D eigenvalue weighted by Crippen LogP contribution is -2.76. The zero-order valence-electron chi connectivity index (χ0n) is 16.3. The molecular weight excluding hydrogens is 344 g/mol. The van der Waals surface area contributed by atoms with Crippen LogP contribution < -0.4 is 10.6 Å². The van der Waals surface area contributed by atoms with E-state index in [0.717, 1.165) is 11.1 Å². The number of oxazole rings is 1. The molecule has 7 nitrogen and oxygen atoms in total. The van der Waals surface area contributed by atoms with Gasteiger partial charge in [0.05, 0.1) is 6.10 Å². The molecule has 2 fully saturated rings. The van der Waals surface area contributed by atoms with E-state index in [1.54, 1.807) is 0 Å². The monoisotopic (exact) mass is 372 g/mol. The fourth-order valence-corrected chi connectivity index (χ4v) is 4.18. The van der Waals surface area contributed by atoms with Gasteiger partial charge in [0.15, 0.2) is 5.58 Å². The van der Waals surface area contributed by atoms with Crippen molar-refractivity contribution in [1.82, 2.24) is 9.88 Å². The van der Waals surface area contributed by atoms with Crippen molar-refractivity contribution in [2.75, 3.05) is 37.7 Å². The van der Waals surface area contributed by atoms with Gasteiger partial charge in [-0.3, -0.25) is 4.79 Å². The van der Waals surface area contributed by atoms with Gasteiger partial charge in [-0.25, -0.2) is 0 Å². The summed E-state index contributed by atoms with van der Waals surface area (Å²) >= 11 is 0. The van der Waals surface area contributed by atoms with Crippen LogP contribution in [0.2, 0.25) is 0 Å². The molecule has 2 unspecified atom stereocenters. The van der Waals surface area contributed by atoms with E-state index in [0.29, 0.717) is 45.2 Å². The first-order valence-corrected chi connectivity index (χ1v) is 9.67. The number of hydrogen-bond donors (Lipinski definition) is 1. The smallest absolute Gasteiger partial charge is 0.298 e. The Balaban J connectivity index is 1.41. The maximum atomic E-state index is 13.1. The number of benzene rings is 1. The van der Waals surface area contributed by atoms with Gasteiger partial charge >= 0.3 is 0 Å². The van der Waals surface area contributed by atoms with Gasteiger partial charge in [-0.1, -0.05) is 26.0 Å². The number of para-hydroxylation sites is 2. The van der Waals surface area contributed by atoms with Crippen LogP contribution in [0.15, 0.2) is 28.7 Å². The highest BCUT2D eigenvalue weighted by atomic mass is 16.5. The number of carbonyl (C=O) groups is 1. The van der Waals surface area contributed by atoms with Crippen molar-refractivity contribution in [3.8, 4) is 0 Å². The first kappa shape index (κ1) is 18.3. The van der Waals surface area contributed by atoms with E-state index >= 15 is 0 Å². The molecule has 0 radical (unpaired) electrons. The van der Waals surface area contributed by atoms with Gasteiger partial charge in [0.25, 0.3) is 6.01 Å². The van der Waals surface area contributed by atoms with Crippen molar-refractivity contribution in [1.29, 1.82) is 0 Å². The molecule has 1 aromatic carbocycles. The molecule has 146 valence electrons. The second kappa shape index (κ2) is 6.49. The molecule has 0 spiro atoms. The Morgan fingerprint density at radius 1 is 1.30 bits per heavy atom. The first-order valence-electron chi connectivity index (χ1n) is 9.67. The van der Waals surface area contributed by atoms with Crippen LogP contribution in [0.4, 0.5) is 6.01 Å². The maximum absolute atomic E-state index is 13.1. The number of amides is 1. The topological polar surface area (TPSA) is 84.8 Å².